The minimum absolute atomic E-state index is 0.0715. The molecule has 0 unspecified atom stereocenters. The lowest BCUT2D eigenvalue weighted by Crippen LogP contribution is -2.21. The number of nitrogens with two attached hydrogens (primary N) is 1. The first kappa shape index (κ1) is 13.2. The fraction of sp³-hybridized carbons (Fsp3) is 0.615. The fourth-order valence-electron chi connectivity index (χ4n) is 2.24. The molecule has 1 fully saturated rings. The average molecular weight is 267 g/mol. The highest BCUT2D eigenvalue weighted by Crippen LogP contribution is 2.51. The summed E-state index contributed by atoms with van der Waals surface area (Å²) < 4.78 is 0. The van der Waals surface area contributed by atoms with Crippen LogP contribution in [0.5, 0.6) is 0 Å². The van der Waals surface area contributed by atoms with E-state index >= 15 is 0 Å². The van der Waals surface area contributed by atoms with Gasteiger partial charge in [0.1, 0.15) is 4.88 Å². The van der Waals surface area contributed by atoms with Gasteiger partial charge in [-0.05, 0) is 32.6 Å². The van der Waals surface area contributed by atoms with Crippen molar-refractivity contribution < 1.29 is 4.79 Å². The maximum absolute atomic E-state index is 11.8. The molecular formula is C13H21N3OS. The van der Waals surface area contributed by atoms with Crippen LogP contribution in [0.3, 0.4) is 0 Å². The van der Waals surface area contributed by atoms with E-state index in [1.54, 1.807) is 7.05 Å². The highest BCUT2D eigenvalue weighted by molar-refractivity contribution is 7.18. The van der Waals surface area contributed by atoms with Gasteiger partial charge in [0.05, 0.1) is 10.7 Å². The Morgan fingerprint density at radius 1 is 1.44 bits per heavy atom. The molecule has 0 atom stereocenters. The largest absolute Gasteiger partial charge is 0.397 e. The molecule has 1 saturated carbocycles. The average Bonchev–Trinajstić information content (AvgIpc) is 3.15. The van der Waals surface area contributed by atoms with Gasteiger partial charge in [-0.15, -0.1) is 11.3 Å². The fourth-order valence-corrected chi connectivity index (χ4v) is 3.62. The van der Waals surface area contributed by atoms with E-state index in [0.717, 1.165) is 13.1 Å². The summed E-state index contributed by atoms with van der Waals surface area (Å²) in [4.78, 5) is 14.8. The number of anilines is 2. The lowest BCUT2D eigenvalue weighted by atomic mass is 10.1. The third-order valence-corrected chi connectivity index (χ3v) is 4.71. The minimum atomic E-state index is -0.0715. The van der Waals surface area contributed by atoms with Crippen molar-refractivity contribution in [3.05, 3.63) is 10.4 Å². The second-order valence-electron chi connectivity index (χ2n) is 4.59. The number of nitrogen functional groups attached to an aromatic ring is 1. The molecule has 1 heterocycles. The molecule has 5 heteroatoms. The molecule has 18 heavy (non-hydrogen) atoms. The number of thiophene rings is 1. The number of hydrogen-bond acceptors (Lipinski definition) is 4. The summed E-state index contributed by atoms with van der Waals surface area (Å²) in [7, 11) is 1.65. The Balaban J connectivity index is 2.47. The Hall–Kier alpha value is -1.23. The normalized spacial score (nSPS) is 14.6. The Kier molecular flexibility index (Phi) is 3.80. The lowest BCUT2D eigenvalue weighted by Gasteiger charge is -2.20. The highest BCUT2D eigenvalue weighted by atomic mass is 32.1. The number of nitrogens with zero attached hydrogens (tertiary/aromatic N) is 1. The van der Waals surface area contributed by atoms with Gasteiger partial charge in [-0.2, -0.15) is 0 Å². The van der Waals surface area contributed by atoms with Crippen molar-refractivity contribution in [2.75, 3.05) is 30.8 Å². The van der Waals surface area contributed by atoms with Crippen molar-refractivity contribution in [3.63, 3.8) is 0 Å². The van der Waals surface area contributed by atoms with Crippen molar-refractivity contribution >= 4 is 27.9 Å². The molecule has 100 valence electrons. The zero-order valence-corrected chi connectivity index (χ0v) is 12.1. The molecule has 0 spiro atoms. The van der Waals surface area contributed by atoms with E-state index in [9.17, 15) is 4.79 Å². The molecule has 0 saturated heterocycles. The van der Waals surface area contributed by atoms with Crippen LogP contribution in [0.15, 0.2) is 0 Å². The van der Waals surface area contributed by atoms with Gasteiger partial charge in [0, 0.05) is 25.7 Å². The first-order valence-corrected chi connectivity index (χ1v) is 7.34. The van der Waals surface area contributed by atoms with Crippen molar-refractivity contribution in [3.8, 4) is 0 Å². The second kappa shape index (κ2) is 5.18. The van der Waals surface area contributed by atoms with Crippen molar-refractivity contribution in [2.24, 2.45) is 0 Å². The van der Waals surface area contributed by atoms with Crippen LogP contribution >= 0.6 is 11.3 Å². The Morgan fingerprint density at radius 2 is 2.06 bits per heavy atom. The number of amides is 1. The summed E-state index contributed by atoms with van der Waals surface area (Å²) in [6.07, 6.45) is 2.39. The number of rotatable bonds is 5. The maximum atomic E-state index is 11.8. The highest BCUT2D eigenvalue weighted by Gasteiger charge is 2.33. The number of carbonyl (C=O) groups excluding carboxylic acids is 1. The first-order chi connectivity index (χ1) is 8.63. The molecule has 0 aliphatic heterocycles. The molecule has 1 amide bonds. The summed E-state index contributed by atoms with van der Waals surface area (Å²) in [5.41, 5.74) is 8.10. The molecule has 0 aromatic carbocycles. The van der Waals surface area contributed by atoms with Crippen LogP contribution in [0.4, 0.5) is 10.7 Å². The summed E-state index contributed by atoms with van der Waals surface area (Å²) >= 11 is 1.53. The topological polar surface area (TPSA) is 58.4 Å². The van der Waals surface area contributed by atoms with Gasteiger partial charge >= 0.3 is 0 Å². The zero-order valence-electron chi connectivity index (χ0n) is 11.2. The van der Waals surface area contributed by atoms with Crippen LogP contribution in [-0.4, -0.2) is 26.0 Å². The molecule has 0 bridgehead atoms. The van der Waals surface area contributed by atoms with E-state index in [1.807, 2.05) is 0 Å². The standard InChI is InChI=1S/C13H21N3OS/c1-4-16(5-2)13-9(8-6-7-8)10(14)11(18-13)12(17)15-3/h8H,4-7,14H2,1-3H3,(H,15,17). The van der Waals surface area contributed by atoms with E-state index in [0.29, 0.717) is 16.5 Å². The Morgan fingerprint density at radius 3 is 2.50 bits per heavy atom. The number of nitrogens with one attached hydrogen (secondary N) is 1. The van der Waals surface area contributed by atoms with Gasteiger partial charge in [0.25, 0.3) is 5.91 Å². The molecule has 1 aromatic rings. The monoisotopic (exact) mass is 267 g/mol. The quantitative estimate of drug-likeness (QED) is 0.861. The molecule has 4 nitrogen and oxygen atoms in total. The summed E-state index contributed by atoms with van der Waals surface area (Å²) in [6.45, 7) is 6.16. The van der Waals surface area contributed by atoms with Gasteiger partial charge in [-0.3, -0.25) is 4.79 Å². The zero-order chi connectivity index (χ0) is 13.3. The van der Waals surface area contributed by atoms with Crippen LogP contribution in [0.1, 0.15) is 47.8 Å². The third-order valence-electron chi connectivity index (χ3n) is 3.43. The third kappa shape index (κ3) is 2.19. The van der Waals surface area contributed by atoms with E-state index in [-0.39, 0.29) is 5.91 Å². The SMILES string of the molecule is CCN(CC)c1sc(C(=O)NC)c(N)c1C1CC1. The molecule has 1 aliphatic carbocycles. The molecule has 3 N–H and O–H groups in total. The number of carbonyl (C=O) groups is 1. The minimum Gasteiger partial charge on any atom is -0.397 e. The second-order valence-corrected chi connectivity index (χ2v) is 5.59. The summed E-state index contributed by atoms with van der Waals surface area (Å²) in [5.74, 6) is 0.494. The van der Waals surface area contributed by atoms with E-state index in [1.165, 1.54) is 34.7 Å². The predicted octanol–water partition coefficient (Wildman–Crippen LogP) is 2.41. The summed E-state index contributed by atoms with van der Waals surface area (Å²) in [5, 5.41) is 3.86. The van der Waals surface area contributed by atoms with E-state index in [2.05, 4.69) is 24.1 Å². The van der Waals surface area contributed by atoms with Crippen molar-refractivity contribution in [2.45, 2.75) is 32.6 Å². The molecule has 1 aromatic heterocycles. The van der Waals surface area contributed by atoms with Crippen molar-refractivity contribution in [1.29, 1.82) is 0 Å². The van der Waals surface area contributed by atoms with Gasteiger partial charge in [0.2, 0.25) is 0 Å². The van der Waals surface area contributed by atoms with Crippen molar-refractivity contribution in [1.82, 2.24) is 5.32 Å². The summed E-state index contributed by atoms with van der Waals surface area (Å²) in [6, 6.07) is 0. The van der Waals surface area contributed by atoms with Gasteiger partial charge in [0.15, 0.2) is 0 Å². The van der Waals surface area contributed by atoms with Crippen LogP contribution in [0.25, 0.3) is 0 Å². The van der Waals surface area contributed by atoms with Crippen LogP contribution in [0, 0.1) is 0 Å². The predicted molar refractivity (Wildman–Crippen MR) is 77.7 cm³/mol. The van der Waals surface area contributed by atoms with Gasteiger partial charge < -0.3 is 16.0 Å². The Bertz CT molecular complexity index is 447. The molecule has 1 aliphatic rings. The van der Waals surface area contributed by atoms with Crippen LogP contribution in [-0.2, 0) is 0 Å². The lowest BCUT2D eigenvalue weighted by molar-refractivity contribution is 0.0968. The Labute approximate surface area is 112 Å². The molecular weight excluding hydrogens is 246 g/mol. The molecule has 2 rings (SSSR count). The molecule has 0 radical (unpaired) electrons. The maximum Gasteiger partial charge on any atom is 0.263 e. The van der Waals surface area contributed by atoms with Crippen LogP contribution in [0.2, 0.25) is 0 Å². The number of hydrogen-bond donors (Lipinski definition) is 2. The smallest absolute Gasteiger partial charge is 0.263 e. The van der Waals surface area contributed by atoms with Gasteiger partial charge in [-0.1, -0.05) is 0 Å². The van der Waals surface area contributed by atoms with E-state index < -0.39 is 0 Å². The first-order valence-electron chi connectivity index (χ1n) is 6.53. The van der Waals surface area contributed by atoms with E-state index in [4.69, 9.17) is 5.73 Å². The van der Waals surface area contributed by atoms with Gasteiger partial charge in [-0.25, -0.2) is 0 Å². The van der Waals surface area contributed by atoms with Crippen LogP contribution < -0.4 is 16.0 Å².